The summed E-state index contributed by atoms with van der Waals surface area (Å²) in [5, 5.41) is 4.32. The zero-order valence-corrected chi connectivity index (χ0v) is 10.9. The van der Waals surface area contributed by atoms with Crippen LogP contribution >= 0.6 is 0 Å². The summed E-state index contributed by atoms with van der Waals surface area (Å²) in [5.41, 5.74) is 0.987. The zero-order chi connectivity index (χ0) is 13.3. The van der Waals surface area contributed by atoms with Crippen molar-refractivity contribution in [3.8, 4) is 0 Å². The number of benzene rings is 1. The van der Waals surface area contributed by atoms with Crippen LogP contribution in [0.5, 0.6) is 0 Å². The number of hydrogen-bond donors (Lipinski definition) is 1. The first-order valence-electron chi connectivity index (χ1n) is 5.75. The second-order valence-electron chi connectivity index (χ2n) is 4.55. The lowest BCUT2D eigenvalue weighted by Gasteiger charge is -2.24. The first-order chi connectivity index (χ1) is 8.39. The van der Waals surface area contributed by atoms with Crippen molar-refractivity contribution in [1.29, 1.82) is 0 Å². The van der Waals surface area contributed by atoms with E-state index >= 15 is 0 Å². The first kappa shape index (κ1) is 13.0. The largest absolute Gasteiger partial charge is 0.335 e. The van der Waals surface area contributed by atoms with Crippen molar-refractivity contribution >= 4 is 15.9 Å². The van der Waals surface area contributed by atoms with Crippen molar-refractivity contribution in [1.82, 2.24) is 4.90 Å². The van der Waals surface area contributed by atoms with Crippen LogP contribution in [-0.2, 0) is 14.8 Å². The first-order valence-corrected chi connectivity index (χ1v) is 7.36. The number of carbonyl (C=O) groups is 1. The molecule has 1 aliphatic rings. The molecule has 1 aliphatic heterocycles. The van der Waals surface area contributed by atoms with Crippen LogP contribution in [0.4, 0.5) is 0 Å². The Morgan fingerprint density at radius 2 is 1.94 bits per heavy atom. The van der Waals surface area contributed by atoms with Gasteiger partial charge in [0.05, 0.1) is 6.04 Å². The zero-order valence-electron chi connectivity index (χ0n) is 10.1. The molecular weight excluding hydrogens is 252 g/mol. The van der Waals surface area contributed by atoms with Crippen LogP contribution in [0, 0.1) is 0 Å². The summed E-state index contributed by atoms with van der Waals surface area (Å²) in [4.78, 5) is 13.4. The monoisotopic (exact) mass is 268 g/mol. The van der Waals surface area contributed by atoms with Gasteiger partial charge in [0.25, 0.3) is 0 Å². The van der Waals surface area contributed by atoms with E-state index in [-0.39, 0.29) is 24.9 Å². The van der Waals surface area contributed by atoms with Gasteiger partial charge in [-0.25, -0.2) is 13.6 Å². The molecule has 5 nitrogen and oxygen atoms in total. The molecule has 1 unspecified atom stereocenters. The molecule has 1 aromatic rings. The number of primary sulfonamides is 1. The summed E-state index contributed by atoms with van der Waals surface area (Å²) in [5.74, 6) is -0.162. The number of sulfonamides is 1. The van der Waals surface area contributed by atoms with Crippen molar-refractivity contribution in [3.05, 3.63) is 35.9 Å². The molecule has 0 radical (unpaired) electrons. The van der Waals surface area contributed by atoms with Crippen LogP contribution in [0.3, 0.4) is 0 Å². The SMILES string of the molecule is C[C@@H](c1ccccc1)N1CC(S(N)(=O)=O)CC1=O. The molecule has 2 rings (SSSR count). The normalized spacial score (nSPS) is 22.2. The lowest BCUT2D eigenvalue weighted by Crippen LogP contribution is -2.33. The van der Waals surface area contributed by atoms with Crippen LogP contribution in [0.2, 0.25) is 0 Å². The maximum Gasteiger partial charge on any atom is 0.224 e. The number of carbonyl (C=O) groups excluding carboxylic acids is 1. The van der Waals surface area contributed by atoms with Gasteiger partial charge in [0.2, 0.25) is 15.9 Å². The van der Waals surface area contributed by atoms with E-state index in [9.17, 15) is 13.2 Å². The minimum Gasteiger partial charge on any atom is -0.335 e. The molecule has 0 spiro atoms. The molecule has 18 heavy (non-hydrogen) atoms. The van der Waals surface area contributed by atoms with E-state index < -0.39 is 15.3 Å². The van der Waals surface area contributed by atoms with Crippen molar-refractivity contribution in [2.45, 2.75) is 24.6 Å². The van der Waals surface area contributed by atoms with Gasteiger partial charge in [-0.3, -0.25) is 4.79 Å². The number of amides is 1. The fourth-order valence-corrected chi connectivity index (χ4v) is 2.95. The average molecular weight is 268 g/mol. The Morgan fingerprint density at radius 1 is 1.33 bits per heavy atom. The van der Waals surface area contributed by atoms with E-state index in [1.807, 2.05) is 37.3 Å². The van der Waals surface area contributed by atoms with Crippen LogP contribution < -0.4 is 5.14 Å². The number of hydrogen-bond acceptors (Lipinski definition) is 3. The predicted molar refractivity (Wildman–Crippen MR) is 68.1 cm³/mol. The highest BCUT2D eigenvalue weighted by molar-refractivity contribution is 7.89. The Hall–Kier alpha value is -1.40. The van der Waals surface area contributed by atoms with Gasteiger partial charge in [-0.2, -0.15) is 0 Å². The molecule has 1 heterocycles. The van der Waals surface area contributed by atoms with Crippen molar-refractivity contribution in [2.24, 2.45) is 5.14 Å². The van der Waals surface area contributed by atoms with Crippen LogP contribution in [-0.4, -0.2) is 31.0 Å². The second-order valence-corrected chi connectivity index (χ2v) is 6.39. The molecule has 0 aliphatic carbocycles. The number of nitrogens with zero attached hydrogens (tertiary/aromatic N) is 1. The third-order valence-electron chi connectivity index (χ3n) is 3.34. The maximum absolute atomic E-state index is 11.9. The third kappa shape index (κ3) is 2.54. The van der Waals surface area contributed by atoms with E-state index in [0.29, 0.717) is 0 Å². The maximum atomic E-state index is 11.9. The van der Waals surface area contributed by atoms with Crippen molar-refractivity contribution < 1.29 is 13.2 Å². The Bertz CT molecular complexity index is 542. The second kappa shape index (κ2) is 4.70. The van der Waals surface area contributed by atoms with E-state index in [1.54, 1.807) is 4.90 Å². The molecule has 0 bridgehead atoms. The Morgan fingerprint density at radius 3 is 2.44 bits per heavy atom. The molecule has 0 saturated carbocycles. The smallest absolute Gasteiger partial charge is 0.224 e. The van der Waals surface area contributed by atoms with Crippen LogP contribution in [0.25, 0.3) is 0 Å². The lowest BCUT2D eigenvalue weighted by atomic mass is 10.1. The molecule has 1 fully saturated rings. The van der Waals surface area contributed by atoms with E-state index in [2.05, 4.69) is 0 Å². The van der Waals surface area contributed by atoms with Gasteiger partial charge in [-0.05, 0) is 12.5 Å². The number of rotatable bonds is 3. The average Bonchev–Trinajstić information content (AvgIpc) is 2.71. The summed E-state index contributed by atoms with van der Waals surface area (Å²) >= 11 is 0. The van der Waals surface area contributed by atoms with Crippen molar-refractivity contribution in [2.75, 3.05) is 6.54 Å². The Balaban J connectivity index is 2.18. The highest BCUT2D eigenvalue weighted by Crippen LogP contribution is 2.27. The number of likely N-dealkylation sites (tertiary alicyclic amines) is 1. The fraction of sp³-hybridized carbons (Fsp3) is 0.417. The molecule has 6 heteroatoms. The van der Waals surface area contributed by atoms with Gasteiger partial charge in [0.1, 0.15) is 5.25 Å². The minimum atomic E-state index is -3.65. The van der Waals surface area contributed by atoms with E-state index in [0.717, 1.165) is 5.56 Å². The standard InChI is InChI=1S/C12H16N2O3S/c1-9(10-5-3-2-4-6-10)14-8-11(7-12(14)15)18(13,16)17/h2-6,9,11H,7-8H2,1H3,(H2,13,16,17)/t9-,11?/m0/s1. The van der Waals surface area contributed by atoms with E-state index in [4.69, 9.17) is 5.14 Å². The molecule has 1 aromatic carbocycles. The summed E-state index contributed by atoms with van der Waals surface area (Å²) < 4.78 is 22.6. The molecule has 2 atom stereocenters. The summed E-state index contributed by atoms with van der Waals surface area (Å²) in [6.45, 7) is 2.06. The van der Waals surface area contributed by atoms with E-state index in [1.165, 1.54) is 0 Å². The topological polar surface area (TPSA) is 80.5 Å². The third-order valence-corrected chi connectivity index (χ3v) is 4.58. The lowest BCUT2D eigenvalue weighted by molar-refractivity contribution is -0.129. The highest BCUT2D eigenvalue weighted by atomic mass is 32.2. The predicted octanol–water partition coefficient (Wildman–Crippen LogP) is 0.637. The van der Waals surface area contributed by atoms with Crippen LogP contribution in [0.15, 0.2) is 30.3 Å². The summed E-state index contributed by atoms with van der Waals surface area (Å²) in [7, 11) is -3.65. The van der Waals surface area contributed by atoms with Crippen LogP contribution in [0.1, 0.15) is 24.9 Å². The summed E-state index contributed by atoms with van der Waals surface area (Å²) in [6.07, 6.45) is -0.0179. The highest BCUT2D eigenvalue weighted by Gasteiger charge is 2.38. The Kier molecular flexibility index (Phi) is 3.41. The van der Waals surface area contributed by atoms with Gasteiger partial charge in [0.15, 0.2) is 0 Å². The van der Waals surface area contributed by atoms with Gasteiger partial charge in [0, 0.05) is 13.0 Å². The Labute approximate surface area is 107 Å². The van der Waals surface area contributed by atoms with Crippen molar-refractivity contribution in [3.63, 3.8) is 0 Å². The number of nitrogens with two attached hydrogens (primary N) is 1. The molecule has 1 saturated heterocycles. The molecule has 0 aromatic heterocycles. The molecular formula is C12H16N2O3S. The van der Waals surface area contributed by atoms with Gasteiger partial charge < -0.3 is 4.90 Å². The van der Waals surface area contributed by atoms with Gasteiger partial charge in [-0.1, -0.05) is 30.3 Å². The molecule has 1 amide bonds. The minimum absolute atomic E-state index is 0.0179. The summed E-state index contributed by atoms with van der Waals surface area (Å²) in [6, 6.07) is 9.39. The fourth-order valence-electron chi connectivity index (χ4n) is 2.20. The molecule has 98 valence electrons. The molecule has 2 N–H and O–H groups in total. The van der Waals surface area contributed by atoms with Gasteiger partial charge >= 0.3 is 0 Å². The quantitative estimate of drug-likeness (QED) is 0.873. The van der Waals surface area contributed by atoms with Gasteiger partial charge in [-0.15, -0.1) is 0 Å².